The Balaban J connectivity index is 0.000000229. The lowest BCUT2D eigenvalue weighted by Gasteiger charge is -2.27. The van der Waals surface area contributed by atoms with Crippen LogP contribution < -0.4 is 10.2 Å². The Morgan fingerprint density at radius 3 is 2.32 bits per heavy atom. The number of rotatable bonds is 6. The predicted octanol–water partition coefficient (Wildman–Crippen LogP) is 7.44. The summed E-state index contributed by atoms with van der Waals surface area (Å²) >= 11 is 0. The van der Waals surface area contributed by atoms with Crippen LogP contribution in [0.4, 0.5) is 11.8 Å². The molecule has 2 aliphatic carbocycles. The topological polar surface area (TPSA) is 41.1 Å². The zero-order chi connectivity index (χ0) is 22.1. The Bertz CT molecular complexity index is 774. The predicted molar refractivity (Wildman–Crippen MR) is 135 cm³/mol. The highest BCUT2D eigenvalue weighted by molar-refractivity contribution is 5.90. The molecule has 2 saturated carbocycles. The number of aromatic nitrogens is 2. The maximum atomic E-state index is 4.72. The minimum Gasteiger partial charge on any atom is -0.362 e. The number of benzene rings is 1. The van der Waals surface area contributed by atoms with Crippen molar-refractivity contribution in [3.05, 3.63) is 24.3 Å². The van der Waals surface area contributed by atoms with E-state index in [0.717, 1.165) is 34.5 Å². The average molecular weight is 425 g/mol. The number of anilines is 2. The second kappa shape index (κ2) is 12.3. The number of unbranched alkanes of at least 4 members (excludes halogenated alkanes) is 1. The first kappa shape index (κ1) is 23.8. The second-order valence-corrected chi connectivity index (χ2v) is 10.0. The summed E-state index contributed by atoms with van der Waals surface area (Å²) in [4.78, 5) is 11.5. The van der Waals surface area contributed by atoms with Gasteiger partial charge in [-0.1, -0.05) is 77.3 Å². The summed E-state index contributed by atoms with van der Waals surface area (Å²) in [6.07, 6.45) is 17.0. The van der Waals surface area contributed by atoms with Gasteiger partial charge in [-0.15, -0.1) is 0 Å². The van der Waals surface area contributed by atoms with Gasteiger partial charge in [-0.2, -0.15) is 4.98 Å². The van der Waals surface area contributed by atoms with Crippen molar-refractivity contribution in [3.63, 3.8) is 0 Å². The molecule has 1 N–H and O–H groups in total. The maximum Gasteiger partial charge on any atom is 0.225 e. The number of hydrogen-bond donors (Lipinski definition) is 1. The summed E-state index contributed by atoms with van der Waals surface area (Å²) in [6, 6.07) is 8.71. The van der Waals surface area contributed by atoms with Crippen molar-refractivity contribution in [1.82, 2.24) is 9.97 Å². The van der Waals surface area contributed by atoms with Crippen LogP contribution in [-0.4, -0.2) is 30.1 Å². The summed E-state index contributed by atoms with van der Waals surface area (Å²) < 4.78 is 0. The van der Waals surface area contributed by atoms with Crippen LogP contribution in [0.25, 0.3) is 10.9 Å². The van der Waals surface area contributed by atoms with Crippen molar-refractivity contribution < 1.29 is 0 Å². The number of nitrogens with one attached hydrogen (secondary N) is 1. The van der Waals surface area contributed by atoms with E-state index in [-0.39, 0.29) is 0 Å². The van der Waals surface area contributed by atoms with Crippen molar-refractivity contribution in [1.29, 1.82) is 0 Å². The fourth-order valence-corrected chi connectivity index (χ4v) is 5.02. The quantitative estimate of drug-likeness (QED) is 0.523. The van der Waals surface area contributed by atoms with Gasteiger partial charge in [0.2, 0.25) is 5.95 Å². The molecule has 31 heavy (non-hydrogen) atoms. The normalized spacial score (nSPS) is 21.9. The number of fused-ring (bicyclic) bond motifs is 1. The van der Waals surface area contributed by atoms with E-state index in [2.05, 4.69) is 41.2 Å². The lowest BCUT2D eigenvalue weighted by atomic mass is 9.86. The Labute approximate surface area is 190 Å². The molecule has 4 heteroatoms. The molecule has 1 aromatic carbocycles. The first-order valence-corrected chi connectivity index (χ1v) is 12.8. The average Bonchev–Trinajstić information content (AvgIpc) is 2.80. The lowest BCUT2D eigenvalue weighted by Crippen LogP contribution is -2.26. The zero-order valence-electron chi connectivity index (χ0n) is 20.4. The van der Waals surface area contributed by atoms with Crippen molar-refractivity contribution in [2.45, 2.75) is 96.9 Å². The summed E-state index contributed by atoms with van der Waals surface area (Å²) in [5, 5.41) is 4.64. The Morgan fingerprint density at radius 2 is 1.65 bits per heavy atom. The molecule has 2 aromatic rings. The van der Waals surface area contributed by atoms with Crippen LogP contribution in [0.15, 0.2) is 24.3 Å². The van der Waals surface area contributed by atoms with E-state index in [9.17, 15) is 0 Å². The smallest absolute Gasteiger partial charge is 0.225 e. The summed E-state index contributed by atoms with van der Waals surface area (Å²) in [5.74, 6) is 3.70. The van der Waals surface area contributed by atoms with Gasteiger partial charge in [0, 0.05) is 25.5 Å². The van der Waals surface area contributed by atoms with Gasteiger partial charge < -0.3 is 10.2 Å². The molecule has 0 spiro atoms. The van der Waals surface area contributed by atoms with Crippen LogP contribution in [0.3, 0.4) is 0 Å². The Hall–Kier alpha value is -1.84. The molecule has 0 radical (unpaired) electrons. The first-order chi connectivity index (χ1) is 15.1. The van der Waals surface area contributed by atoms with Crippen LogP contribution in [0.1, 0.15) is 90.9 Å². The third kappa shape index (κ3) is 7.36. The van der Waals surface area contributed by atoms with E-state index >= 15 is 0 Å². The van der Waals surface area contributed by atoms with Crippen molar-refractivity contribution in [3.8, 4) is 0 Å². The molecule has 4 rings (SSSR count). The van der Waals surface area contributed by atoms with E-state index < -0.39 is 0 Å². The van der Waals surface area contributed by atoms with Crippen molar-refractivity contribution in [2.24, 2.45) is 11.8 Å². The van der Waals surface area contributed by atoms with Gasteiger partial charge >= 0.3 is 0 Å². The van der Waals surface area contributed by atoms with E-state index in [1.165, 1.54) is 77.0 Å². The third-order valence-corrected chi connectivity index (χ3v) is 7.05. The molecule has 0 bridgehead atoms. The monoisotopic (exact) mass is 424 g/mol. The summed E-state index contributed by atoms with van der Waals surface area (Å²) in [6.45, 7) is 4.63. The number of hydrogen-bond acceptors (Lipinski definition) is 4. The number of nitrogens with zero attached hydrogens (tertiary/aromatic N) is 3. The molecule has 172 valence electrons. The van der Waals surface area contributed by atoms with Gasteiger partial charge in [0.1, 0.15) is 5.82 Å². The highest BCUT2D eigenvalue weighted by Crippen LogP contribution is 2.28. The molecule has 0 aliphatic heterocycles. The molecule has 0 unspecified atom stereocenters. The van der Waals surface area contributed by atoms with E-state index in [4.69, 9.17) is 4.98 Å². The Morgan fingerprint density at radius 1 is 0.935 bits per heavy atom. The summed E-state index contributed by atoms with van der Waals surface area (Å²) in [7, 11) is 4.06. The summed E-state index contributed by atoms with van der Waals surface area (Å²) in [5.41, 5.74) is 1.00. The fourth-order valence-electron chi connectivity index (χ4n) is 5.02. The fraction of sp³-hybridized carbons (Fsp3) is 0.704. The van der Waals surface area contributed by atoms with Crippen molar-refractivity contribution >= 4 is 22.7 Å². The molecule has 4 nitrogen and oxygen atoms in total. The highest BCUT2D eigenvalue weighted by atomic mass is 15.2. The van der Waals surface area contributed by atoms with Crippen LogP contribution in [0, 0.1) is 11.8 Å². The van der Waals surface area contributed by atoms with Crippen LogP contribution in [0.2, 0.25) is 0 Å². The molecule has 0 amide bonds. The maximum absolute atomic E-state index is 4.72. The second-order valence-electron chi connectivity index (χ2n) is 10.0. The Kier molecular flexibility index (Phi) is 9.42. The minimum atomic E-state index is 0.511. The van der Waals surface area contributed by atoms with Gasteiger partial charge in [0.15, 0.2) is 0 Å². The van der Waals surface area contributed by atoms with E-state index in [1.807, 2.05) is 26.2 Å². The third-order valence-electron chi connectivity index (χ3n) is 7.05. The van der Waals surface area contributed by atoms with Crippen molar-refractivity contribution in [2.75, 3.05) is 24.3 Å². The van der Waals surface area contributed by atoms with Crippen LogP contribution in [-0.2, 0) is 0 Å². The number of para-hydroxylation sites is 1. The molecule has 2 aliphatic rings. The standard InChI is InChI=1S/C17H24N4.C10H20/c1-12-8-10-13(11-9-12)18-17-19-15-7-5-4-6-14(15)16(20-17)21(2)3;1-2-3-7-10-8-5-4-6-9-10/h4-7,12-13H,8-11H2,1-3H3,(H,18,19,20);10H,2-9H2,1H3. The van der Waals surface area contributed by atoms with E-state index in [1.54, 1.807) is 0 Å². The van der Waals surface area contributed by atoms with Gasteiger partial charge in [0.25, 0.3) is 0 Å². The van der Waals surface area contributed by atoms with Crippen LogP contribution in [0.5, 0.6) is 0 Å². The molecule has 0 saturated heterocycles. The molecule has 0 atom stereocenters. The van der Waals surface area contributed by atoms with Gasteiger partial charge in [0.05, 0.1) is 5.52 Å². The SMILES string of the molecule is CC1CCC(Nc2nc(N(C)C)c3ccccc3n2)CC1.CCCCC1CCCCC1. The van der Waals surface area contributed by atoms with Gasteiger partial charge in [-0.05, 0) is 49.7 Å². The highest BCUT2D eigenvalue weighted by Gasteiger charge is 2.19. The molecule has 1 aromatic heterocycles. The molecule has 1 heterocycles. The molecule has 2 fully saturated rings. The molecular formula is C27H44N4. The largest absolute Gasteiger partial charge is 0.362 e. The van der Waals surface area contributed by atoms with Gasteiger partial charge in [-0.3, -0.25) is 0 Å². The first-order valence-electron chi connectivity index (χ1n) is 12.8. The van der Waals surface area contributed by atoms with E-state index in [0.29, 0.717) is 6.04 Å². The van der Waals surface area contributed by atoms with Gasteiger partial charge in [-0.25, -0.2) is 4.98 Å². The lowest BCUT2D eigenvalue weighted by molar-refractivity contribution is 0.331. The minimum absolute atomic E-state index is 0.511. The zero-order valence-corrected chi connectivity index (χ0v) is 20.4. The van der Waals surface area contributed by atoms with Crippen LogP contribution >= 0.6 is 0 Å². The molecular weight excluding hydrogens is 380 g/mol.